The monoisotopic (exact) mass is 384 g/mol. The molecule has 5 heteroatoms. The number of rotatable bonds is 6. The van der Waals surface area contributed by atoms with Gasteiger partial charge in [-0.25, -0.2) is 0 Å². The summed E-state index contributed by atoms with van der Waals surface area (Å²) < 4.78 is 15.7. The van der Waals surface area contributed by atoms with E-state index in [2.05, 4.69) is 52.7 Å². The molecule has 0 atom stereocenters. The van der Waals surface area contributed by atoms with Gasteiger partial charge in [0.15, 0.2) is 0 Å². The van der Waals surface area contributed by atoms with Gasteiger partial charge in [-0.1, -0.05) is 0 Å². The molecule has 0 rings (SSSR count). The summed E-state index contributed by atoms with van der Waals surface area (Å²) in [5, 5.41) is 0. The predicted molar refractivity (Wildman–Crippen MR) is 63.2 cm³/mol. The van der Waals surface area contributed by atoms with Crippen molar-refractivity contribution in [3.8, 4) is 0 Å². The molecule has 0 aliphatic rings. The summed E-state index contributed by atoms with van der Waals surface area (Å²) in [4.78, 5) is 0. The molecule has 0 fully saturated rings. The summed E-state index contributed by atoms with van der Waals surface area (Å²) in [5.41, 5.74) is 0.0188. The van der Waals surface area contributed by atoms with Crippen LogP contribution in [0.1, 0.15) is 41.5 Å². The van der Waals surface area contributed by atoms with Gasteiger partial charge in [-0.05, 0) is 0 Å². The van der Waals surface area contributed by atoms with Gasteiger partial charge in [0.1, 0.15) is 0 Å². The van der Waals surface area contributed by atoms with Crippen LogP contribution in [0.3, 0.4) is 0 Å². The van der Waals surface area contributed by atoms with Crippen molar-refractivity contribution in [3.05, 3.63) is 0 Å². The third-order valence-corrected chi connectivity index (χ3v) is 13.2. The number of hydrogen-bond acceptors (Lipinski definition) is 1. The van der Waals surface area contributed by atoms with Crippen LogP contribution in [-0.2, 0) is 17.7 Å². The van der Waals surface area contributed by atoms with E-state index in [1.54, 1.807) is 0 Å². The molecule has 4 nitrogen and oxygen atoms in total. The third-order valence-electron chi connectivity index (χ3n) is 1.61. The van der Waals surface area contributed by atoms with Crippen LogP contribution in [-0.4, -0.2) is 25.2 Å². The summed E-state index contributed by atoms with van der Waals surface area (Å²) in [7, 11) is 0. The molecular weight excluding hydrogens is 357 g/mol. The second-order valence-electron chi connectivity index (χ2n) is 4.44. The zero-order valence-corrected chi connectivity index (χ0v) is 14.2. The van der Waals surface area contributed by atoms with Gasteiger partial charge in [0, 0.05) is 0 Å². The molecule has 0 aromatic carbocycles. The minimum absolute atomic E-state index is 0.0188. The average molecular weight is 384 g/mol. The van der Waals surface area contributed by atoms with E-state index in [1.807, 2.05) is 0 Å². The van der Waals surface area contributed by atoms with Crippen molar-refractivity contribution in [1.29, 1.82) is 0 Å². The summed E-state index contributed by atoms with van der Waals surface area (Å²) in [6, 6.07) is 0. The van der Waals surface area contributed by atoms with Crippen LogP contribution in [0.4, 0.5) is 0 Å². The summed E-state index contributed by atoms with van der Waals surface area (Å²) in [6.07, 6.45) is 0. The van der Waals surface area contributed by atoms with E-state index in [4.69, 9.17) is 3.34 Å². The Bertz CT molecular complexity index is 196. The molecule has 0 saturated heterocycles. The fourth-order valence-electron chi connectivity index (χ4n) is 1.41. The van der Waals surface area contributed by atoms with E-state index in [9.17, 15) is 0 Å². The molecule has 0 aliphatic heterocycles. The maximum absolute atomic E-state index is 4.99. The van der Waals surface area contributed by atoms with E-state index in [0.29, 0.717) is 0 Å². The van der Waals surface area contributed by atoms with Crippen LogP contribution in [0.5, 0.6) is 0 Å². The second-order valence-corrected chi connectivity index (χ2v) is 13.1. The molecular formula is C10H27N4Ta. The van der Waals surface area contributed by atoms with Crippen LogP contribution in [0.2, 0.25) is 0 Å². The van der Waals surface area contributed by atoms with Crippen LogP contribution < -0.4 is 11.2 Å². The zero-order valence-electron chi connectivity index (χ0n) is 11.0. The van der Waals surface area contributed by atoms with Crippen molar-refractivity contribution < 1.29 is 17.7 Å². The topological polar surface area (TPSA) is 48.5 Å². The summed E-state index contributed by atoms with van der Waals surface area (Å²) >= 11 is -2.92. The zero-order chi connectivity index (χ0) is 11.9. The summed E-state index contributed by atoms with van der Waals surface area (Å²) in [5.74, 6) is 0. The van der Waals surface area contributed by atoms with Crippen LogP contribution >= 0.6 is 0 Å². The molecule has 0 radical (unpaired) electrons. The van der Waals surface area contributed by atoms with Crippen molar-refractivity contribution in [2.24, 2.45) is 3.34 Å². The van der Waals surface area contributed by atoms with Crippen LogP contribution in [0, 0.1) is 0 Å². The first-order valence-corrected chi connectivity index (χ1v) is 12.0. The Morgan fingerprint density at radius 1 is 0.867 bits per heavy atom. The molecule has 0 saturated carbocycles. The molecule has 0 amide bonds. The van der Waals surface area contributed by atoms with Gasteiger partial charge >= 0.3 is 99.0 Å². The van der Waals surface area contributed by atoms with Gasteiger partial charge in [0.05, 0.1) is 0 Å². The molecule has 0 aromatic heterocycles. The first kappa shape index (κ1) is 15.4. The van der Waals surface area contributed by atoms with E-state index in [-0.39, 0.29) is 5.54 Å². The number of nitrogens with zero attached hydrogens (tertiary/aromatic N) is 1. The van der Waals surface area contributed by atoms with Gasteiger partial charge in [-0.3, -0.25) is 0 Å². The number of nitrogens with one attached hydrogen (secondary N) is 3. The van der Waals surface area contributed by atoms with Crippen molar-refractivity contribution in [3.63, 3.8) is 0 Å². The van der Waals surface area contributed by atoms with E-state index in [1.165, 1.54) is 0 Å². The molecule has 0 heterocycles. The van der Waals surface area contributed by atoms with Crippen LogP contribution in [0.15, 0.2) is 3.34 Å². The minimum atomic E-state index is -2.92. The van der Waals surface area contributed by atoms with Gasteiger partial charge in [-0.15, -0.1) is 0 Å². The Balaban J connectivity index is 5.00. The molecule has 15 heavy (non-hydrogen) atoms. The summed E-state index contributed by atoms with van der Waals surface area (Å²) in [6.45, 7) is 15.8. The van der Waals surface area contributed by atoms with Gasteiger partial charge < -0.3 is 0 Å². The third kappa shape index (κ3) is 6.56. The van der Waals surface area contributed by atoms with Crippen molar-refractivity contribution >= 4 is 0 Å². The number of hydrogen-bond donors (Lipinski definition) is 3. The molecule has 92 valence electrons. The van der Waals surface area contributed by atoms with E-state index >= 15 is 0 Å². The Labute approximate surface area is 99.0 Å². The maximum atomic E-state index is 4.99. The molecule has 0 bridgehead atoms. The molecule has 0 aliphatic carbocycles. The van der Waals surface area contributed by atoms with E-state index < -0.39 is 17.7 Å². The quantitative estimate of drug-likeness (QED) is 0.654. The van der Waals surface area contributed by atoms with Gasteiger partial charge in [-0.2, -0.15) is 0 Å². The predicted octanol–water partition coefficient (Wildman–Crippen LogP) is 1.70. The Morgan fingerprint density at radius 2 is 1.20 bits per heavy atom. The van der Waals surface area contributed by atoms with Crippen molar-refractivity contribution in [1.82, 2.24) is 11.2 Å². The Hall–Kier alpha value is 0.420. The van der Waals surface area contributed by atoms with Crippen LogP contribution in [0.25, 0.3) is 0 Å². The SMILES string of the molecule is CC[NH][Ta](=[N]C(C)(C)C)([NH]CC)[NH]CC. The van der Waals surface area contributed by atoms with E-state index in [0.717, 1.165) is 19.6 Å². The van der Waals surface area contributed by atoms with Gasteiger partial charge in [0.25, 0.3) is 0 Å². The second kappa shape index (κ2) is 6.89. The Kier molecular flexibility index (Phi) is 7.08. The first-order chi connectivity index (χ1) is 6.89. The molecule has 0 spiro atoms. The molecule has 0 unspecified atom stereocenters. The fourth-order valence-corrected chi connectivity index (χ4v) is 11.5. The normalized spacial score (nSPS) is 12.9. The molecule has 3 N–H and O–H groups in total. The van der Waals surface area contributed by atoms with Crippen molar-refractivity contribution in [2.45, 2.75) is 47.1 Å². The first-order valence-electron chi connectivity index (χ1n) is 5.78. The van der Waals surface area contributed by atoms with Gasteiger partial charge in [0.2, 0.25) is 0 Å². The molecule has 0 aromatic rings. The van der Waals surface area contributed by atoms with Crippen molar-refractivity contribution in [2.75, 3.05) is 19.6 Å². The average Bonchev–Trinajstić information content (AvgIpc) is 2.01. The Morgan fingerprint density at radius 3 is 1.40 bits per heavy atom. The standard InChI is InChI=1S/C4H9N.3C2H6N.Ta/c1-4(2,3)5;3*1-2-3;/h1-3H3;3*3H,2H2,1H3;/q;3*-1;+3. The fraction of sp³-hybridized carbons (Fsp3) is 1.00.